The third-order valence-electron chi connectivity index (χ3n) is 3.54. The van der Waals surface area contributed by atoms with E-state index in [2.05, 4.69) is 0 Å². The van der Waals surface area contributed by atoms with Gasteiger partial charge in [-0.2, -0.15) is 4.31 Å². The van der Waals surface area contributed by atoms with E-state index in [9.17, 15) is 18.3 Å². The maximum atomic E-state index is 12.8. The molecule has 1 atom stereocenters. The van der Waals surface area contributed by atoms with Gasteiger partial charge in [0.05, 0.1) is 10.6 Å². The molecule has 1 unspecified atom stereocenters. The van der Waals surface area contributed by atoms with Gasteiger partial charge in [0.2, 0.25) is 0 Å². The Kier molecular flexibility index (Phi) is 4.12. The van der Waals surface area contributed by atoms with E-state index in [4.69, 9.17) is 22.1 Å². The number of primary amides is 1. The number of aliphatic hydroxyl groups excluding tert-OH is 1. The zero-order chi connectivity index (χ0) is 17.5. The molecule has 126 valence electrons. The third-order valence-corrected chi connectivity index (χ3v) is 5.51. The first-order valence-electron chi connectivity index (χ1n) is 6.86. The molecule has 0 aromatic heterocycles. The van der Waals surface area contributed by atoms with E-state index in [0.29, 0.717) is 20.6 Å². The average molecular weight is 369 g/mol. The number of hydrogen-bond acceptors (Lipinski definition) is 5. The Morgan fingerprint density at radius 2 is 1.92 bits per heavy atom. The topological polar surface area (TPSA) is 110 Å². The molecule has 0 radical (unpaired) electrons. The summed E-state index contributed by atoms with van der Waals surface area (Å²) in [6.07, 6.45) is -0.923. The van der Waals surface area contributed by atoms with Gasteiger partial charge in [-0.05, 0) is 42.5 Å². The number of urea groups is 1. The first-order valence-corrected chi connectivity index (χ1v) is 8.67. The van der Waals surface area contributed by atoms with Gasteiger partial charge in [-0.25, -0.2) is 13.2 Å². The van der Waals surface area contributed by atoms with Crippen LogP contribution in [0.4, 0.5) is 10.5 Å². The van der Waals surface area contributed by atoms with E-state index >= 15 is 0 Å². The molecule has 1 heterocycles. The molecule has 3 N–H and O–H groups in total. The standard InChI is InChI=1S/C15H13ClN2O5S/c16-9-1-3-10(4-2-9)18(15(17)20)24(21,22)11-5-6-14-12(7-11)13(19)8-23-14/h1-7,13,19H,8H2,(H2,17,20). The molecule has 9 heteroatoms. The van der Waals surface area contributed by atoms with Gasteiger partial charge in [-0.1, -0.05) is 11.6 Å². The van der Waals surface area contributed by atoms with E-state index in [-0.39, 0.29) is 17.2 Å². The number of hydrogen-bond donors (Lipinski definition) is 2. The van der Waals surface area contributed by atoms with Crippen molar-refractivity contribution in [1.82, 2.24) is 0 Å². The molecule has 1 aliphatic heterocycles. The van der Waals surface area contributed by atoms with Gasteiger partial charge in [-0.3, -0.25) is 0 Å². The Morgan fingerprint density at radius 3 is 2.54 bits per heavy atom. The van der Waals surface area contributed by atoms with Gasteiger partial charge < -0.3 is 15.6 Å². The van der Waals surface area contributed by atoms with E-state index < -0.39 is 22.2 Å². The van der Waals surface area contributed by atoms with Crippen LogP contribution in [0.1, 0.15) is 11.7 Å². The molecule has 1 aliphatic rings. The van der Waals surface area contributed by atoms with Crippen molar-refractivity contribution in [3.63, 3.8) is 0 Å². The molecule has 0 spiro atoms. The quantitative estimate of drug-likeness (QED) is 0.861. The number of nitrogens with two attached hydrogens (primary N) is 1. The van der Waals surface area contributed by atoms with Gasteiger partial charge in [-0.15, -0.1) is 0 Å². The SMILES string of the molecule is NC(=O)N(c1ccc(Cl)cc1)S(=O)(=O)c1ccc2c(c1)C(O)CO2. The average Bonchev–Trinajstić information content (AvgIpc) is 2.90. The molecular formula is C15H13ClN2O5S. The molecule has 2 aromatic carbocycles. The summed E-state index contributed by atoms with van der Waals surface area (Å²) in [4.78, 5) is 11.6. The zero-order valence-electron chi connectivity index (χ0n) is 12.2. The molecule has 0 bridgehead atoms. The van der Waals surface area contributed by atoms with Crippen molar-refractivity contribution in [3.8, 4) is 5.75 Å². The number of benzene rings is 2. The maximum absolute atomic E-state index is 12.8. The zero-order valence-corrected chi connectivity index (χ0v) is 13.8. The number of halogens is 1. The van der Waals surface area contributed by atoms with E-state index in [1.54, 1.807) is 0 Å². The number of aliphatic hydroxyl groups is 1. The summed E-state index contributed by atoms with van der Waals surface area (Å²) in [5.74, 6) is 0.401. The Balaban J connectivity index is 2.09. The summed E-state index contributed by atoms with van der Waals surface area (Å²) in [6, 6.07) is 8.47. The van der Waals surface area contributed by atoms with Crippen molar-refractivity contribution in [2.45, 2.75) is 11.0 Å². The highest BCUT2D eigenvalue weighted by molar-refractivity contribution is 7.93. The van der Waals surface area contributed by atoms with Gasteiger partial charge >= 0.3 is 6.03 Å². The highest BCUT2D eigenvalue weighted by Crippen LogP contribution is 2.35. The van der Waals surface area contributed by atoms with Crippen LogP contribution >= 0.6 is 11.6 Å². The minimum absolute atomic E-state index is 0.0511. The lowest BCUT2D eigenvalue weighted by Crippen LogP contribution is -2.40. The fraction of sp³-hybridized carbons (Fsp3) is 0.133. The highest BCUT2D eigenvalue weighted by Gasteiger charge is 2.32. The van der Waals surface area contributed by atoms with Crippen LogP contribution in [0, 0.1) is 0 Å². The lowest BCUT2D eigenvalue weighted by atomic mass is 10.1. The molecule has 24 heavy (non-hydrogen) atoms. The second-order valence-electron chi connectivity index (χ2n) is 5.11. The summed E-state index contributed by atoms with van der Waals surface area (Å²) in [5, 5.41) is 10.2. The molecule has 0 saturated carbocycles. The Labute approximate surface area is 143 Å². The van der Waals surface area contributed by atoms with Crippen LogP contribution in [0.3, 0.4) is 0 Å². The molecule has 3 rings (SSSR count). The molecular weight excluding hydrogens is 356 g/mol. The first kappa shape index (κ1) is 16.6. The van der Waals surface area contributed by atoms with Gasteiger partial charge in [0.1, 0.15) is 18.5 Å². The first-order chi connectivity index (χ1) is 11.3. The van der Waals surface area contributed by atoms with Crippen molar-refractivity contribution in [2.24, 2.45) is 5.73 Å². The summed E-state index contributed by atoms with van der Waals surface area (Å²) in [5.41, 5.74) is 5.67. The monoisotopic (exact) mass is 368 g/mol. The third kappa shape index (κ3) is 2.79. The van der Waals surface area contributed by atoms with Crippen LogP contribution < -0.4 is 14.8 Å². The number of carbonyl (C=O) groups is 1. The predicted octanol–water partition coefficient (Wildman–Crippen LogP) is 2.04. The fourth-order valence-electron chi connectivity index (χ4n) is 2.40. The predicted molar refractivity (Wildman–Crippen MR) is 87.6 cm³/mol. The Bertz CT molecular complexity index is 899. The van der Waals surface area contributed by atoms with Crippen molar-refractivity contribution < 1.29 is 23.1 Å². The second kappa shape index (κ2) is 5.97. The smallest absolute Gasteiger partial charge is 0.333 e. The van der Waals surface area contributed by atoms with Crippen LogP contribution in [0.25, 0.3) is 0 Å². The number of carbonyl (C=O) groups excluding carboxylic acids is 1. The van der Waals surface area contributed by atoms with Crippen LogP contribution in [-0.2, 0) is 10.0 Å². The maximum Gasteiger partial charge on any atom is 0.333 e. The lowest BCUT2D eigenvalue weighted by Gasteiger charge is -2.21. The second-order valence-corrected chi connectivity index (χ2v) is 7.33. The number of sulfonamides is 1. The molecule has 7 nitrogen and oxygen atoms in total. The normalized spacial score (nSPS) is 16.3. The summed E-state index contributed by atoms with van der Waals surface area (Å²) < 4.78 is 31.4. The van der Waals surface area contributed by atoms with Gasteiger partial charge in [0.25, 0.3) is 10.0 Å². The van der Waals surface area contributed by atoms with Gasteiger partial charge in [0, 0.05) is 10.6 Å². The van der Waals surface area contributed by atoms with Gasteiger partial charge in [0.15, 0.2) is 0 Å². The van der Waals surface area contributed by atoms with Crippen LogP contribution in [-0.4, -0.2) is 26.2 Å². The van der Waals surface area contributed by atoms with Crippen molar-refractivity contribution in [2.75, 3.05) is 10.9 Å². The number of nitrogens with zero attached hydrogens (tertiary/aromatic N) is 1. The van der Waals surface area contributed by atoms with E-state index in [1.165, 1.54) is 42.5 Å². The Morgan fingerprint density at radius 1 is 1.25 bits per heavy atom. The van der Waals surface area contributed by atoms with Crippen LogP contribution in [0.15, 0.2) is 47.4 Å². The molecule has 2 aromatic rings. The molecule has 0 saturated heterocycles. The minimum Gasteiger partial charge on any atom is -0.490 e. The number of fused-ring (bicyclic) bond motifs is 1. The number of amides is 2. The number of rotatable bonds is 3. The molecule has 0 fully saturated rings. The molecule has 2 amide bonds. The Hall–Kier alpha value is -2.29. The highest BCUT2D eigenvalue weighted by atomic mass is 35.5. The summed E-state index contributed by atoms with van der Waals surface area (Å²) in [6.45, 7) is 0.0511. The van der Waals surface area contributed by atoms with E-state index in [1.807, 2.05) is 0 Å². The minimum atomic E-state index is -4.26. The van der Waals surface area contributed by atoms with Crippen molar-refractivity contribution in [1.29, 1.82) is 0 Å². The summed E-state index contributed by atoms with van der Waals surface area (Å²) in [7, 11) is -4.26. The number of anilines is 1. The largest absolute Gasteiger partial charge is 0.490 e. The van der Waals surface area contributed by atoms with Crippen molar-refractivity contribution in [3.05, 3.63) is 53.1 Å². The lowest BCUT2D eigenvalue weighted by molar-refractivity contribution is 0.140. The van der Waals surface area contributed by atoms with Crippen LogP contribution in [0.5, 0.6) is 5.75 Å². The summed E-state index contributed by atoms with van der Waals surface area (Å²) >= 11 is 5.78. The van der Waals surface area contributed by atoms with Crippen LogP contribution in [0.2, 0.25) is 5.02 Å². The van der Waals surface area contributed by atoms with E-state index in [0.717, 1.165) is 0 Å². The number of ether oxygens (including phenoxy) is 1. The molecule has 0 aliphatic carbocycles. The van der Waals surface area contributed by atoms with Crippen molar-refractivity contribution >= 4 is 33.3 Å². The fourth-order valence-corrected chi connectivity index (χ4v) is 3.89.